The minimum atomic E-state index is -3.97. The molecule has 5 nitrogen and oxygen atoms in total. The van der Waals surface area contributed by atoms with Gasteiger partial charge in [0, 0.05) is 18.7 Å². The Kier molecular flexibility index (Phi) is 6.54. The van der Waals surface area contributed by atoms with Crippen LogP contribution in [0.5, 0.6) is 0 Å². The summed E-state index contributed by atoms with van der Waals surface area (Å²) in [6.07, 6.45) is 0.578. The lowest BCUT2D eigenvalue weighted by molar-refractivity contribution is -0.116. The lowest BCUT2D eigenvalue weighted by Crippen LogP contribution is -2.34. The summed E-state index contributed by atoms with van der Waals surface area (Å²) in [6, 6.07) is 10.3. The summed E-state index contributed by atoms with van der Waals surface area (Å²) >= 11 is 0. The lowest BCUT2D eigenvalue weighted by Gasteiger charge is -2.23. The van der Waals surface area contributed by atoms with Crippen molar-refractivity contribution in [2.24, 2.45) is 0 Å². The molecule has 0 fully saturated rings. The molecule has 1 amide bonds. The van der Waals surface area contributed by atoms with Gasteiger partial charge in [-0.1, -0.05) is 32.0 Å². The molecule has 0 aliphatic rings. The second-order valence-corrected chi connectivity index (χ2v) is 8.39. The van der Waals surface area contributed by atoms with Crippen molar-refractivity contribution in [2.75, 3.05) is 22.4 Å². The summed E-state index contributed by atoms with van der Waals surface area (Å²) in [4.78, 5) is 12.1. The Bertz CT molecular complexity index is 893. The zero-order valence-electron chi connectivity index (χ0n) is 15.4. The fourth-order valence-corrected chi connectivity index (χ4v) is 3.48. The third kappa shape index (κ3) is 5.50. The van der Waals surface area contributed by atoms with Gasteiger partial charge in [-0.05, 0) is 35.7 Å². The van der Waals surface area contributed by atoms with E-state index < -0.39 is 33.3 Å². The normalized spacial score (nSPS) is 11.5. The summed E-state index contributed by atoms with van der Waals surface area (Å²) in [5.41, 5.74) is 0.993. The van der Waals surface area contributed by atoms with Crippen molar-refractivity contribution in [1.82, 2.24) is 0 Å². The maximum atomic E-state index is 14.0. The average Bonchev–Trinajstić information content (AvgIpc) is 2.56. The summed E-state index contributed by atoms with van der Waals surface area (Å²) in [7, 11) is -3.97. The number of amides is 1. The Morgan fingerprint density at radius 2 is 1.63 bits per heavy atom. The number of benzene rings is 2. The van der Waals surface area contributed by atoms with E-state index in [2.05, 4.69) is 19.2 Å². The SMILES string of the molecule is CC(C)c1ccc(NC(=O)CCN(c2c(F)cccc2F)S(C)(=O)=O)cc1. The summed E-state index contributed by atoms with van der Waals surface area (Å²) in [5, 5.41) is 2.65. The molecule has 0 saturated heterocycles. The summed E-state index contributed by atoms with van der Waals surface area (Å²) < 4.78 is 52.4. The zero-order chi connectivity index (χ0) is 20.2. The van der Waals surface area contributed by atoms with E-state index in [1.54, 1.807) is 12.1 Å². The van der Waals surface area contributed by atoms with Crippen molar-refractivity contribution in [3.63, 3.8) is 0 Å². The predicted molar refractivity (Wildman–Crippen MR) is 102 cm³/mol. The lowest BCUT2D eigenvalue weighted by atomic mass is 10.0. The molecule has 27 heavy (non-hydrogen) atoms. The van der Waals surface area contributed by atoms with Gasteiger partial charge in [0.15, 0.2) is 11.6 Å². The molecule has 0 atom stereocenters. The highest BCUT2D eigenvalue weighted by atomic mass is 32.2. The van der Waals surface area contributed by atoms with Gasteiger partial charge >= 0.3 is 0 Å². The average molecular weight is 396 g/mol. The van der Waals surface area contributed by atoms with Crippen molar-refractivity contribution in [3.05, 3.63) is 59.7 Å². The van der Waals surface area contributed by atoms with Gasteiger partial charge in [0.1, 0.15) is 5.69 Å². The third-order valence-electron chi connectivity index (χ3n) is 3.99. The van der Waals surface area contributed by atoms with Gasteiger partial charge in [0.2, 0.25) is 15.9 Å². The van der Waals surface area contributed by atoms with E-state index in [9.17, 15) is 22.0 Å². The fourth-order valence-electron chi connectivity index (χ4n) is 2.55. The van der Waals surface area contributed by atoms with Gasteiger partial charge < -0.3 is 5.32 Å². The maximum absolute atomic E-state index is 14.0. The monoisotopic (exact) mass is 396 g/mol. The summed E-state index contributed by atoms with van der Waals surface area (Å²) in [5.74, 6) is -2.12. The number of rotatable bonds is 7. The highest BCUT2D eigenvalue weighted by Crippen LogP contribution is 2.25. The molecule has 0 unspecified atom stereocenters. The number of carbonyl (C=O) groups excluding carboxylic acids is 1. The molecule has 2 rings (SSSR count). The topological polar surface area (TPSA) is 66.5 Å². The van der Waals surface area contributed by atoms with Crippen LogP contribution in [-0.2, 0) is 14.8 Å². The van der Waals surface area contributed by atoms with Crippen molar-refractivity contribution >= 4 is 27.3 Å². The molecular formula is C19H22F2N2O3S. The number of hydrogen-bond donors (Lipinski definition) is 1. The number of nitrogens with zero attached hydrogens (tertiary/aromatic N) is 1. The first-order chi connectivity index (χ1) is 12.6. The van der Waals surface area contributed by atoms with Gasteiger partial charge in [-0.3, -0.25) is 9.10 Å². The molecule has 0 radical (unpaired) electrons. The fraction of sp³-hybridized carbons (Fsp3) is 0.316. The Morgan fingerprint density at radius 3 is 2.11 bits per heavy atom. The standard InChI is InChI=1S/C19H22F2N2O3S/c1-13(2)14-7-9-15(10-8-14)22-18(24)11-12-23(27(3,25)26)19-16(20)5-4-6-17(19)21/h4-10,13H,11-12H2,1-3H3,(H,22,24). The molecule has 0 saturated carbocycles. The minimum absolute atomic E-state index is 0.257. The number of halogens is 2. The van der Waals surface area contributed by atoms with Crippen LogP contribution < -0.4 is 9.62 Å². The highest BCUT2D eigenvalue weighted by molar-refractivity contribution is 7.92. The highest BCUT2D eigenvalue weighted by Gasteiger charge is 2.25. The Labute approximate surface area is 158 Å². The van der Waals surface area contributed by atoms with Crippen LogP contribution in [0.1, 0.15) is 31.7 Å². The Hall–Kier alpha value is -2.48. The smallest absolute Gasteiger partial charge is 0.232 e. The van der Waals surface area contributed by atoms with Crippen LogP contribution >= 0.6 is 0 Å². The van der Waals surface area contributed by atoms with E-state index in [0.717, 1.165) is 30.0 Å². The molecule has 0 aliphatic carbocycles. The molecule has 8 heteroatoms. The van der Waals surface area contributed by atoms with Gasteiger partial charge in [-0.25, -0.2) is 17.2 Å². The number of carbonyl (C=O) groups is 1. The van der Waals surface area contributed by atoms with Crippen LogP contribution in [0.2, 0.25) is 0 Å². The molecule has 1 N–H and O–H groups in total. The second-order valence-electron chi connectivity index (χ2n) is 6.48. The molecule has 0 aliphatic heterocycles. The molecular weight excluding hydrogens is 374 g/mol. The van der Waals surface area contributed by atoms with E-state index in [-0.39, 0.29) is 13.0 Å². The van der Waals surface area contributed by atoms with Gasteiger partial charge in [0.25, 0.3) is 0 Å². The van der Waals surface area contributed by atoms with E-state index in [0.29, 0.717) is 15.9 Å². The van der Waals surface area contributed by atoms with Crippen molar-refractivity contribution < 1.29 is 22.0 Å². The number of sulfonamides is 1. The largest absolute Gasteiger partial charge is 0.326 e. The van der Waals surface area contributed by atoms with E-state index in [4.69, 9.17) is 0 Å². The van der Waals surface area contributed by atoms with Gasteiger partial charge in [0.05, 0.1) is 6.26 Å². The maximum Gasteiger partial charge on any atom is 0.232 e. The Morgan fingerprint density at radius 1 is 1.07 bits per heavy atom. The van der Waals surface area contributed by atoms with Crippen molar-refractivity contribution in [2.45, 2.75) is 26.2 Å². The number of para-hydroxylation sites is 1. The number of hydrogen-bond acceptors (Lipinski definition) is 3. The molecule has 2 aromatic carbocycles. The third-order valence-corrected chi connectivity index (χ3v) is 5.16. The van der Waals surface area contributed by atoms with Crippen LogP contribution in [0.15, 0.2) is 42.5 Å². The number of anilines is 2. The van der Waals surface area contributed by atoms with Crippen LogP contribution in [0.25, 0.3) is 0 Å². The molecule has 0 bridgehead atoms. The quantitative estimate of drug-likeness (QED) is 0.772. The predicted octanol–water partition coefficient (Wildman–Crippen LogP) is 3.88. The molecule has 0 heterocycles. The molecule has 2 aromatic rings. The minimum Gasteiger partial charge on any atom is -0.326 e. The first kappa shape index (κ1) is 20.8. The van der Waals surface area contributed by atoms with Crippen LogP contribution in [-0.4, -0.2) is 27.1 Å². The first-order valence-corrected chi connectivity index (χ1v) is 10.3. The number of nitrogens with one attached hydrogen (secondary N) is 1. The zero-order valence-corrected chi connectivity index (χ0v) is 16.2. The van der Waals surface area contributed by atoms with E-state index >= 15 is 0 Å². The first-order valence-electron chi connectivity index (χ1n) is 8.41. The Balaban J connectivity index is 2.10. The van der Waals surface area contributed by atoms with E-state index in [1.807, 2.05) is 12.1 Å². The molecule has 0 spiro atoms. The molecule has 0 aromatic heterocycles. The van der Waals surface area contributed by atoms with Crippen LogP contribution in [0.4, 0.5) is 20.2 Å². The van der Waals surface area contributed by atoms with Crippen LogP contribution in [0.3, 0.4) is 0 Å². The summed E-state index contributed by atoms with van der Waals surface area (Å²) in [6.45, 7) is 3.72. The van der Waals surface area contributed by atoms with Crippen molar-refractivity contribution in [3.8, 4) is 0 Å². The van der Waals surface area contributed by atoms with Crippen LogP contribution in [0, 0.1) is 11.6 Å². The van der Waals surface area contributed by atoms with E-state index in [1.165, 1.54) is 0 Å². The van der Waals surface area contributed by atoms with Gasteiger partial charge in [-0.15, -0.1) is 0 Å². The second kappa shape index (κ2) is 8.47. The molecule has 146 valence electrons. The van der Waals surface area contributed by atoms with Crippen molar-refractivity contribution in [1.29, 1.82) is 0 Å². The van der Waals surface area contributed by atoms with Gasteiger partial charge in [-0.2, -0.15) is 0 Å².